The Bertz CT molecular complexity index is 541. The van der Waals surface area contributed by atoms with E-state index in [-0.39, 0.29) is 12.4 Å². The van der Waals surface area contributed by atoms with Crippen molar-refractivity contribution in [2.75, 3.05) is 13.1 Å². The predicted octanol–water partition coefficient (Wildman–Crippen LogP) is 3.18. The van der Waals surface area contributed by atoms with Gasteiger partial charge in [-0.1, -0.05) is 36.4 Å². The van der Waals surface area contributed by atoms with Crippen molar-refractivity contribution in [3.63, 3.8) is 0 Å². The molecular formula is C16H21ClN2. The Morgan fingerprint density at radius 2 is 1.89 bits per heavy atom. The summed E-state index contributed by atoms with van der Waals surface area (Å²) in [5.74, 6) is 0. The normalized spacial score (nSPS) is 19.5. The van der Waals surface area contributed by atoms with E-state index in [0.29, 0.717) is 6.04 Å². The van der Waals surface area contributed by atoms with Crippen LogP contribution >= 0.6 is 12.4 Å². The number of fused-ring (bicyclic) bond motifs is 1. The van der Waals surface area contributed by atoms with Gasteiger partial charge in [-0.3, -0.25) is 4.90 Å². The molecule has 3 rings (SSSR count). The molecule has 1 aliphatic heterocycles. The summed E-state index contributed by atoms with van der Waals surface area (Å²) in [4.78, 5) is 2.52. The van der Waals surface area contributed by atoms with Crippen molar-refractivity contribution in [1.29, 1.82) is 0 Å². The second-order valence-electron chi connectivity index (χ2n) is 5.18. The lowest BCUT2D eigenvalue weighted by molar-refractivity contribution is 0.250. The van der Waals surface area contributed by atoms with Gasteiger partial charge in [0.2, 0.25) is 0 Å². The first-order valence-electron chi connectivity index (χ1n) is 6.78. The molecule has 2 N–H and O–H groups in total. The number of likely N-dealkylation sites (tertiary alicyclic amines) is 1. The highest BCUT2D eigenvalue weighted by atomic mass is 35.5. The van der Waals surface area contributed by atoms with E-state index in [2.05, 4.69) is 47.4 Å². The first-order valence-corrected chi connectivity index (χ1v) is 6.78. The monoisotopic (exact) mass is 276 g/mol. The van der Waals surface area contributed by atoms with Crippen LogP contribution in [0.25, 0.3) is 10.8 Å². The number of hydrogen-bond donors (Lipinski definition) is 1. The van der Waals surface area contributed by atoms with Crippen LogP contribution in [0.2, 0.25) is 0 Å². The van der Waals surface area contributed by atoms with Gasteiger partial charge in [0.1, 0.15) is 0 Å². The fourth-order valence-electron chi connectivity index (χ4n) is 2.94. The molecule has 0 aromatic heterocycles. The fourth-order valence-corrected chi connectivity index (χ4v) is 2.94. The van der Waals surface area contributed by atoms with Gasteiger partial charge in [-0.25, -0.2) is 0 Å². The third-order valence-corrected chi connectivity index (χ3v) is 3.97. The van der Waals surface area contributed by atoms with Gasteiger partial charge in [-0.05, 0) is 41.8 Å². The van der Waals surface area contributed by atoms with Crippen molar-refractivity contribution in [3.8, 4) is 0 Å². The third kappa shape index (κ3) is 3.08. The van der Waals surface area contributed by atoms with Crippen molar-refractivity contribution in [2.45, 2.75) is 25.4 Å². The fraction of sp³-hybridized carbons (Fsp3) is 0.375. The molecule has 0 saturated carbocycles. The minimum Gasteiger partial charge on any atom is -0.329 e. The first-order chi connectivity index (χ1) is 8.86. The maximum absolute atomic E-state index is 5.83. The van der Waals surface area contributed by atoms with Crippen LogP contribution in [0.15, 0.2) is 42.5 Å². The Morgan fingerprint density at radius 3 is 2.68 bits per heavy atom. The van der Waals surface area contributed by atoms with Crippen molar-refractivity contribution in [1.82, 2.24) is 4.90 Å². The van der Waals surface area contributed by atoms with Crippen molar-refractivity contribution >= 4 is 23.2 Å². The van der Waals surface area contributed by atoms with E-state index in [9.17, 15) is 0 Å². The molecule has 3 heteroatoms. The van der Waals surface area contributed by atoms with Crippen LogP contribution in [0.1, 0.15) is 18.4 Å². The molecule has 0 spiro atoms. The zero-order valence-corrected chi connectivity index (χ0v) is 11.9. The van der Waals surface area contributed by atoms with E-state index in [1.165, 1.54) is 35.7 Å². The smallest absolute Gasteiger partial charge is 0.0237 e. The quantitative estimate of drug-likeness (QED) is 0.933. The number of nitrogens with zero attached hydrogens (tertiary/aromatic N) is 1. The maximum Gasteiger partial charge on any atom is 0.0237 e. The van der Waals surface area contributed by atoms with E-state index >= 15 is 0 Å². The van der Waals surface area contributed by atoms with E-state index in [4.69, 9.17) is 5.73 Å². The molecule has 2 aromatic carbocycles. The molecule has 1 fully saturated rings. The SMILES string of the molecule is Cl.NCC1CCCN1Cc1ccc2ccccc2c1. The molecule has 1 heterocycles. The molecule has 2 nitrogen and oxygen atoms in total. The predicted molar refractivity (Wildman–Crippen MR) is 83.7 cm³/mol. The summed E-state index contributed by atoms with van der Waals surface area (Å²) in [5, 5.41) is 2.65. The Balaban J connectivity index is 0.00000133. The molecule has 0 aliphatic carbocycles. The average molecular weight is 277 g/mol. The van der Waals surface area contributed by atoms with Crippen LogP contribution < -0.4 is 5.73 Å². The van der Waals surface area contributed by atoms with Gasteiger partial charge in [0.05, 0.1) is 0 Å². The van der Waals surface area contributed by atoms with Crippen molar-refractivity contribution < 1.29 is 0 Å². The summed E-state index contributed by atoms with van der Waals surface area (Å²) in [5.41, 5.74) is 7.22. The van der Waals surface area contributed by atoms with Gasteiger partial charge < -0.3 is 5.73 Å². The Labute approximate surface area is 121 Å². The number of hydrogen-bond acceptors (Lipinski definition) is 2. The molecule has 0 amide bonds. The van der Waals surface area contributed by atoms with Gasteiger partial charge in [0, 0.05) is 19.1 Å². The molecule has 0 radical (unpaired) electrons. The number of nitrogens with two attached hydrogens (primary N) is 1. The summed E-state index contributed by atoms with van der Waals surface area (Å²) >= 11 is 0. The number of halogens is 1. The molecular weight excluding hydrogens is 256 g/mol. The highest BCUT2D eigenvalue weighted by molar-refractivity contribution is 5.85. The molecule has 1 aliphatic rings. The van der Waals surface area contributed by atoms with E-state index in [1.54, 1.807) is 0 Å². The largest absolute Gasteiger partial charge is 0.329 e. The Morgan fingerprint density at radius 1 is 1.11 bits per heavy atom. The van der Waals surface area contributed by atoms with Crippen molar-refractivity contribution in [3.05, 3.63) is 48.0 Å². The molecule has 102 valence electrons. The number of rotatable bonds is 3. The average Bonchev–Trinajstić information content (AvgIpc) is 2.86. The molecule has 1 unspecified atom stereocenters. The summed E-state index contributed by atoms with van der Waals surface area (Å²) in [6.07, 6.45) is 2.54. The van der Waals surface area contributed by atoms with E-state index in [1.807, 2.05) is 0 Å². The molecule has 1 saturated heterocycles. The second-order valence-corrected chi connectivity index (χ2v) is 5.18. The minimum absolute atomic E-state index is 0. The molecule has 0 bridgehead atoms. The van der Waals surface area contributed by atoms with Crippen LogP contribution in [0.3, 0.4) is 0 Å². The minimum atomic E-state index is 0. The van der Waals surface area contributed by atoms with Gasteiger partial charge in [-0.15, -0.1) is 12.4 Å². The maximum atomic E-state index is 5.83. The van der Waals surface area contributed by atoms with Crippen LogP contribution in [0.4, 0.5) is 0 Å². The summed E-state index contributed by atoms with van der Waals surface area (Å²) in [6, 6.07) is 15.9. The topological polar surface area (TPSA) is 29.3 Å². The molecule has 19 heavy (non-hydrogen) atoms. The number of benzene rings is 2. The van der Waals surface area contributed by atoms with Crippen molar-refractivity contribution in [2.24, 2.45) is 5.73 Å². The van der Waals surface area contributed by atoms with Crippen LogP contribution in [0.5, 0.6) is 0 Å². The second kappa shape index (κ2) is 6.38. The summed E-state index contributed by atoms with van der Waals surface area (Å²) < 4.78 is 0. The lowest BCUT2D eigenvalue weighted by Gasteiger charge is -2.23. The Kier molecular flexibility index (Phi) is 4.81. The van der Waals surface area contributed by atoms with Gasteiger partial charge in [0.15, 0.2) is 0 Å². The molecule has 1 atom stereocenters. The van der Waals surface area contributed by atoms with Crippen LogP contribution in [-0.2, 0) is 6.54 Å². The van der Waals surface area contributed by atoms with Crippen LogP contribution in [0, 0.1) is 0 Å². The van der Waals surface area contributed by atoms with Gasteiger partial charge in [0.25, 0.3) is 0 Å². The highest BCUT2D eigenvalue weighted by Gasteiger charge is 2.22. The van der Waals surface area contributed by atoms with E-state index < -0.39 is 0 Å². The highest BCUT2D eigenvalue weighted by Crippen LogP contribution is 2.21. The van der Waals surface area contributed by atoms with E-state index in [0.717, 1.165) is 13.1 Å². The lowest BCUT2D eigenvalue weighted by Crippen LogP contribution is -2.34. The van der Waals surface area contributed by atoms with Gasteiger partial charge in [-0.2, -0.15) is 0 Å². The zero-order chi connectivity index (χ0) is 12.4. The zero-order valence-electron chi connectivity index (χ0n) is 11.1. The van der Waals surface area contributed by atoms with Gasteiger partial charge >= 0.3 is 0 Å². The van der Waals surface area contributed by atoms with Crippen LogP contribution in [-0.4, -0.2) is 24.0 Å². The summed E-state index contributed by atoms with van der Waals surface area (Å²) in [6.45, 7) is 3.01. The standard InChI is InChI=1S/C16H20N2.ClH/c17-11-16-6-3-9-18(16)12-13-7-8-14-4-1-2-5-15(14)10-13;/h1-2,4-5,7-8,10,16H,3,6,9,11-12,17H2;1H. The summed E-state index contributed by atoms with van der Waals surface area (Å²) in [7, 11) is 0. The Hall–Kier alpha value is -1.09. The molecule has 2 aromatic rings. The lowest BCUT2D eigenvalue weighted by atomic mass is 10.1. The first kappa shape index (κ1) is 14.3. The third-order valence-electron chi connectivity index (χ3n) is 3.97.